The summed E-state index contributed by atoms with van der Waals surface area (Å²) in [5.74, 6) is 0.933. The number of rotatable bonds is 6. The minimum atomic E-state index is 0.123. The van der Waals surface area contributed by atoms with Crippen LogP contribution in [0.25, 0.3) is 0 Å². The zero-order valence-electron chi connectivity index (χ0n) is 11.4. The van der Waals surface area contributed by atoms with Crippen molar-refractivity contribution in [2.24, 2.45) is 0 Å². The molecular formula is C15H20BrNO2. The Labute approximate surface area is 123 Å². The van der Waals surface area contributed by atoms with Gasteiger partial charge in [0.1, 0.15) is 5.75 Å². The van der Waals surface area contributed by atoms with Gasteiger partial charge in [0.25, 0.3) is 5.91 Å². The van der Waals surface area contributed by atoms with E-state index >= 15 is 0 Å². The maximum atomic E-state index is 12.4. The Morgan fingerprint density at radius 1 is 1.37 bits per heavy atom. The van der Waals surface area contributed by atoms with Crippen LogP contribution in [0.5, 0.6) is 5.75 Å². The number of nitrogens with zero attached hydrogens (tertiary/aromatic N) is 1. The molecule has 4 heteroatoms. The summed E-state index contributed by atoms with van der Waals surface area (Å²) in [6.07, 6.45) is 2.42. The molecule has 1 aromatic carbocycles. The van der Waals surface area contributed by atoms with Gasteiger partial charge >= 0.3 is 0 Å². The molecule has 0 spiro atoms. The highest BCUT2D eigenvalue weighted by Gasteiger charge is 2.32. The van der Waals surface area contributed by atoms with Gasteiger partial charge < -0.3 is 9.64 Å². The number of benzene rings is 1. The number of halogens is 1. The largest absolute Gasteiger partial charge is 0.491 e. The second-order valence-electron chi connectivity index (χ2n) is 5.11. The molecule has 1 aliphatic carbocycles. The van der Waals surface area contributed by atoms with Crippen molar-refractivity contribution in [2.45, 2.75) is 38.8 Å². The molecule has 0 aliphatic heterocycles. The number of hydrogen-bond acceptors (Lipinski definition) is 2. The topological polar surface area (TPSA) is 29.5 Å². The van der Waals surface area contributed by atoms with E-state index in [0.29, 0.717) is 6.04 Å². The standard InChI is InChI=1S/C15H20BrNO2/c1-11(2)19-14-7-3-12(4-8-14)15(18)17(10-9-16)13-5-6-13/h3-4,7-8,11,13H,5-6,9-10H2,1-2H3. The summed E-state index contributed by atoms with van der Waals surface area (Å²) in [5.41, 5.74) is 0.740. The highest BCUT2D eigenvalue weighted by atomic mass is 79.9. The maximum absolute atomic E-state index is 12.4. The van der Waals surface area contributed by atoms with E-state index in [-0.39, 0.29) is 12.0 Å². The van der Waals surface area contributed by atoms with Gasteiger partial charge in [0.2, 0.25) is 0 Å². The van der Waals surface area contributed by atoms with Crippen LogP contribution in [-0.4, -0.2) is 34.8 Å². The van der Waals surface area contributed by atoms with E-state index in [1.807, 2.05) is 43.0 Å². The SMILES string of the molecule is CC(C)Oc1ccc(C(=O)N(CCBr)C2CC2)cc1. The molecule has 0 unspecified atom stereocenters. The fourth-order valence-electron chi connectivity index (χ4n) is 2.04. The minimum absolute atomic E-state index is 0.123. The van der Waals surface area contributed by atoms with Crippen LogP contribution in [0.15, 0.2) is 24.3 Å². The van der Waals surface area contributed by atoms with Gasteiger partial charge in [-0.25, -0.2) is 0 Å². The smallest absolute Gasteiger partial charge is 0.254 e. The van der Waals surface area contributed by atoms with Crippen LogP contribution >= 0.6 is 15.9 Å². The van der Waals surface area contributed by atoms with E-state index in [2.05, 4.69) is 15.9 Å². The summed E-state index contributed by atoms with van der Waals surface area (Å²) >= 11 is 3.41. The molecule has 0 radical (unpaired) electrons. The third-order valence-corrected chi connectivity index (χ3v) is 3.40. The highest BCUT2D eigenvalue weighted by Crippen LogP contribution is 2.28. The Morgan fingerprint density at radius 3 is 2.47 bits per heavy atom. The van der Waals surface area contributed by atoms with Gasteiger partial charge in [-0.1, -0.05) is 15.9 Å². The summed E-state index contributed by atoms with van der Waals surface area (Å²) in [5, 5.41) is 0.823. The Bertz CT molecular complexity index is 426. The minimum Gasteiger partial charge on any atom is -0.491 e. The van der Waals surface area contributed by atoms with E-state index in [9.17, 15) is 4.79 Å². The first kappa shape index (κ1) is 14.4. The molecule has 0 aromatic heterocycles. The van der Waals surface area contributed by atoms with Crippen LogP contribution in [0, 0.1) is 0 Å². The molecular weight excluding hydrogens is 306 g/mol. The lowest BCUT2D eigenvalue weighted by Gasteiger charge is -2.21. The Kier molecular flexibility index (Phi) is 4.86. The van der Waals surface area contributed by atoms with Gasteiger partial charge in [-0.15, -0.1) is 0 Å². The Morgan fingerprint density at radius 2 is 2.00 bits per heavy atom. The molecule has 1 saturated carbocycles. The lowest BCUT2D eigenvalue weighted by Crippen LogP contribution is -2.34. The first-order valence-electron chi connectivity index (χ1n) is 6.75. The van der Waals surface area contributed by atoms with Gasteiger partial charge in [-0.2, -0.15) is 0 Å². The fraction of sp³-hybridized carbons (Fsp3) is 0.533. The molecule has 0 N–H and O–H groups in total. The van der Waals surface area contributed by atoms with E-state index in [4.69, 9.17) is 4.74 Å². The lowest BCUT2D eigenvalue weighted by atomic mass is 10.2. The van der Waals surface area contributed by atoms with Gasteiger partial charge in [0.05, 0.1) is 6.10 Å². The lowest BCUT2D eigenvalue weighted by molar-refractivity contribution is 0.0754. The second-order valence-corrected chi connectivity index (χ2v) is 5.90. The van der Waals surface area contributed by atoms with Gasteiger partial charge in [-0.05, 0) is 51.0 Å². The molecule has 1 aliphatic rings. The van der Waals surface area contributed by atoms with Crippen molar-refractivity contribution in [3.8, 4) is 5.75 Å². The molecule has 0 atom stereocenters. The van der Waals surface area contributed by atoms with Crippen molar-refractivity contribution >= 4 is 21.8 Å². The van der Waals surface area contributed by atoms with Crippen LogP contribution in [0.3, 0.4) is 0 Å². The maximum Gasteiger partial charge on any atom is 0.254 e. The normalized spacial score (nSPS) is 14.5. The molecule has 0 bridgehead atoms. The van der Waals surface area contributed by atoms with E-state index in [1.165, 1.54) is 0 Å². The number of carbonyl (C=O) groups is 1. The van der Waals surface area contributed by atoms with Crippen molar-refractivity contribution in [1.82, 2.24) is 4.90 Å². The van der Waals surface area contributed by atoms with E-state index in [0.717, 1.165) is 36.0 Å². The first-order chi connectivity index (χ1) is 9.11. The number of amides is 1. The molecule has 2 rings (SSSR count). The first-order valence-corrected chi connectivity index (χ1v) is 7.87. The summed E-state index contributed by atoms with van der Waals surface area (Å²) in [7, 11) is 0. The van der Waals surface area contributed by atoms with Crippen LogP contribution in [-0.2, 0) is 0 Å². The highest BCUT2D eigenvalue weighted by molar-refractivity contribution is 9.09. The summed E-state index contributed by atoms with van der Waals surface area (Å²) in [4.78, 5) is 14.4. The van der Waals surface area contributed by atoms with Crippen LogP contribution in [0.2, 0.25) is 0 Å². The summed E-state index contributed by atoms with van der Waals surface area (Å²) in [6.45, 7) is 4.75. The Hall–Kier alpha value is -1.03. The van der Waals surface area contributed by atoms with Gasteiger partial charge in [0.15, 0.2) is 0 Å². The summed E-state index contributed by atoms with van der Waals surface area (Å²) in [6, 6.07) is 7.88. The molecule has 19 heavy (non-hydrogen) atoms. The molecule has 1 amide bonds. The quantitative estimate of drug-likeness (QED) is 0.749. The number of carbonyl (C=O) groups excluding carboxylic acids is 1. The van der Waals surface area contributed by atoms with Crippen molar-refractivity contribution in [3.63, 3.8) is 0 Å². The average molecular weight is 326 g/mol. The average Bonchev–Trinajstić information content (AvgIpc) is 3.19. The van der Waals surface area contributed by atoms with Crippen LogP contribution in [0.4, 0.5) is 0 Å². The Balaban J connectivity index is 2.05. The molecule has 1 fully saturated rings. The van der Waals surface area contributed by atoms with Crippen LogP contribution < -0.4 is 4.74 Å². The zero-order chi connectivity index (χ0) is 13.8. The molecule has 1 aromatic rings. The third kappa shape index (κ3) is 3.96. The summed E-state index contributed by atoms with van der Waals surface area (Å²) < 4.78 is 5.58. The zero-order valence-corrected chi connectivity index (χ0v) is 13.0. The van der Waals surface area contributed by atoms with E-state index in [1.54, 1.807) is 0 Å². The monoisotopic (exact) mass is 325 g/mol. The van der Waals surface area contributed by atoms with Crippen molar-refractivity contribution in [3.05, 3.63) is 29.8 Å². The predicted molar refractivity (Wildman–Crippen MR) is 80.1 cm³/mol. The van der Waals surface area contributed by atoms with E-state index < -0.39 is 0 Å². The van der Waals surface area contributed by atoms with Gasteiger partial charge in [0, 0.05) is 23.5 Å². The van der Waals surface area contributed by atoms with Crippen LogP contribution in [0.1, 0.15) is 37.0 Å². The third-order valence-electron chi connectivity index (χ3n) is 3.05. The van der Waals surface area contributed by atoms with Crippen molar-refractivity contribution in [1.29, 1.82) is 0 Å². The second kappa shape index (κ2) is 6.42. The van der Waals surface area contributed by atoms with Gasteiger partial charge in [-0.3, -0.25) is 4.79 Å². The van der Waals surface area contributed by atoms with Crippen molar-refractivity contribution < 1.29 is 9.53 Å². The molecule has 3 nitrogen and oxygen atoms in total. The number of alkyl halides is 1. The molecule has 104 valence electrons. The fourth-order valence-corrected chi connectivity index (χ4v) is 2.42. The number of hydrogen-bond donors (Lipinski definition) is 0. The van der Waals surface area contributed by atoms with Crippen molar-refractivity contribution in [2.75, 3.05) is 11.9 Å². The molecule has 0 heterocycles. The predicted octanol–water partition coefficient (Wildman–Crippen LogP) is 3.47. The number of ether oxygens (including phenoxy) is 1. The molecule has 0 saturated heterocycles.